The van der Waals surface area contributed by atoms with Gasteiger partial charge in [0.15, 0.2) is 11.2 Å². The summed E-state index contributed by atoms with van der Waals surface area (Å²) in [5.74, 6) is 2.40. The zero-order chi connectivity index (χ0) is 14.8. The minimum Gasteiger partial charge on any atom is -0.479 e. The van der Waals surface area contributed by atoms with Crippen LogP contribution in [0.25, 0.3) is 11.2 Å². The highest BCUT2D eigenvalue weighted by molar-refractivity contribution is 6.16. The van der Waals surface area contributed by atoms with Gasteiger partial charge in [0.2, 0.25) is 5.88 Å². The van der Waals surface area contributed by atoms with Crippen LogP contribution in [0.5, 0.6) is 5.88 Å². The molecule has 1 fully saturated rings. The molecule has 1 saturated carbocycles. The van der Waals surface area contributed by atoms with E-state index in [1.54, 1.807) is 7.11 Å². The molecule has 1 atom stereocenters. The van der Waals surface area contributed by atoms with E-state index in [0.717, 1.165) is 11.5 Å². The van der Waals surface area contributed by atoms with Crippen molar-refractivity contribution in [3.63, 3.8) is 0 Å². The Balaban J connectivity index is 2.07. The first-order chi connectivity index (χ1) is 10.3. The number of rotatable bonds is 4. The maximum absolute atomic E-state index is 6.11. The number of alkyl halides is 1. The summed E-state index contributed by atoms with van der Waals surface area (Å²) in [5.41, 5.74) is 1.54. The second-order valence-corrected chi connectivity index (χ2v) is 5.99. The fourth-order valence-electron chi connectivity index (χ4n) is 3.43. The van der Waals surface area contributed by atoms with Gasteiger partial charge in [0.05, 0.1) is 13.0 Å². The average Bonchev–Trinajstić information content (AvgIpc) is 2.93. The topological polar surface area (TPSA) is 52.8 Å². The summed E-state index contributed by atoms with van der Waals surface area (Å²) in [7, 11) is 1.60. The molecule has 0 radical (unpaired) electrons. The van der Waals surface area contributed by atoms with E-state index in [1.807, 2.05) is 0 Å². The van der Waals surface area contributed by atoms with Gasteiger partial charge in [-0.3, -0.25) is 0 Å². The molecule has 5 nitrogen and oxygen atoms in total. The molecule has 0 N–H and O–H groups in total. The Morgan fingerprint density at radius 2 is 2.10 bits per heavy atom. The Morgan fingerprint density at radius 1 is 1.33 bits per heavy atom. The lowest BCUT2D eigenvalue weighted by Crippen LogP contribution is -2.21. The predicted octanol–water partition coefficient (Wildman–Crippen LogP) is 3.72. The van der Waals surface area contributed by atoms with Crippen molar-refractivity contribution in [1.29, 1.82) is 0 Å². The van der Waals surface area contributed by atoms with Crippen LogP contribution in [0.2, 0.25) is 0 Å². The summed E-state index contributed by atoms with van der Waals surface area (Å²) in [6.07, 6.45) is 8.05. The summed E-state index contributed by atoms with van der Waals surface area (Å²) >= 11 is 6.11. The fraction of sp³-hybridized carbons (Fsp3) is 0.667. The SMILES string of the molecule is COc1ncnc2c1nc(CCl)n2C(C)C1CCCCC1. The molecular formula is C15H21ClN4O. The number of halogens is 1. The number of nitrogens with zero attached hydrogens (tertiary/aromatic N) is 4. The van der Waals surface area contributed by atoms with Crippen molar-refractivity contribution < 1.29 is 4.74 Å². The fourth-order valence-corrected chi connectivity index (χ4v) is 3.62. The average molecular weight is 309 g/mol. The summed E-state index contributed by atoms with van der Waals surface area (Å²) < 4.78 is 7.48. The molecule has 0 aliphatic heterocycles. The lowest BCUT2D eigenvalue weighted by molar-refractivity contribution is 0.264. The summed E-state index contributed by atoms with van der Waals surface area (Å²) in [5, 5.41) is 0. The zero-order valence-corrected chi connectivity index (χ0v) is 13.3. The number of ether oxygens (including phenoxy) is 1. The van der Waals surface area contributed by atoms with Gasteiger partial charge in [-0.25, -0.2) is 9.97 Å². The van der Waals surface area contributed by atoms with Gasteiger partial charge < -0.3 is 9.30 Å². The largest absolute Gasteiger partial charge is 0.479 e. The van der Waals surface area contributed by atoms with Gasteiger partial charge in [0.25, 0.3) is 0 Å². The molecule has 2 aromatic rings. The van der Waals surface area contributed by atoms with Gasteiger partial charge >= 0.3 is 0 Å². The van der Waals surface area contributed by atoms with E-state index in [4.69, 9.17) is 16.3 Å². The van der Waals surface area contributed by atoms with Gasteiger partial charge in [-0.2, -0.15) is 4.98 Å². The first-order valence-corrected chi connectivity index (χ1v) is 8.11. The number of hydrogen-bond donors (Lipinski definition) is 0. The van der Waals surface area contributed by atoms with E-state index in [0.29, 0.717) is 29.2 Å². The first kappa shape index (κ1) is 14.6. The molecule has 0 aromatic carbocycles. The first-order valence-electron chi connectivity index (χ1n) is 7.58. The second-order valence-electron chi connectivity index (χ2n) is 5.73. The standard InChI is InChI=1S/C15H21ClN4O/c1-10(11-6-4-3-5-7-11)20-12(8-16)19-13-14(20)17-9-18-15(13)21-2/h9-11H,3-8H2,1-2H3. The van der Waals surface area contributed by atoms with E-state index in [9.17, 15) is 0 Å². The third kappa shape index (κ3) is 2.59. The molecule has 0 amide bonds. The van der Waals surface area contributed by atoms with Crippen LogP contribution in [0.4, 0.5) is 0 Å². The van der Waals surface area contributed by atoms with Gasteiger partial charge in [-0.05, 0) is 25.7 Å². The number of hydrogen-bond acceptors (Lipinski definition) is 4. The highest BCUT2D eigenvalue weighted by Crippen LogP contribution is 2.36. The molecule has 114 valence electrons. The van der Waals surface area contributed by atoms with E-state index >= 15 is 0 Å². The molecule has 1 aliphatic carbocycles. The van der Waals surface area contributed by atoms with Crippen molar-refractivity contribution in [3.8, 4) is 5.88 Å². The molecule has 1 aliphatic rings. The lowest BCUT2D eigenvalue weighted by atomic mass is 9.84. The Hall–Kier alpha value is -1.36. The molecule has 0 saturated heterocycles. The quantitative estimate of drug-likeness (QED) is 0.808. The van der Waals surface area contributed by atoms with E-state index < -0.39 is 0 Å². The smallest absolute Gasteiger partial charge is 0.245 e. The molecular weight excluding hydrogens is 288 g/mol. The Kier molecular flexibility index (Phi) is 4.29. The molecule has 2 aromatic heterocycles. The van der Waals surface area contributed by atoms with E-state index in [2.05, 4.69) is 26.4 Å². The summed E-state index contributed by atoms with van der Waals surface area (Å²) in [4.78, 5) is 13.2. The van der Waals surface area contributed by atoms with Crippen LogP contribution in [0, 0.1) is 5.92 Å². The molecule has 0 bridgehead atoms. The van der Waals surface area contributed by atoms with E-state index in [-0.39, 0.29) is 0 Å². The van der Waals surface area contributed by atoms with Crippen molar-refractivity contribution in [1.82, 2.24) is 19.5 Å². The third-order valence-electron chi connectivity index (χ3n) is 4.57. The van der Waals surface area contributed by atoms with Crippen molar-refractivity contribution in [2.24, 2.45) is 5.92 Å². The maximum atomic E-state index is 6.11. The van der Waals surface area contributed by atoms with Gasteiger partial charge in [0, 0.05) is 6.04 Å². The van der Waals surface area contributed by atoms with Crippen LogP contribution >= 0.6 is 11.6 Å². The Morgan fingerprint density at radius 3 is 2.76 bits per heavy atom. The zero-order valence-electron chi connectivity index (χ0n) is 12.5. The Labute approximate surface area is 129 Å². The summed E-state index contributed by atoms with van der Waals surface area (Å²) in [6.45, 7) is 2.25. The van der Waals surface area contributed by atoms with Gasteiger partial charge in [-0.15, -0.1) is 11.6 Å². The maximum Gasteiger partial charge on any atom is 0.245 e. The monoisotopic (exact) mass is 308 g/mol. The highest BCUT2D eigenvalue weighted by Gasteiger charge is 2.26. The van der Waals surface area contributed by atoms with Gasteiger partial charge in [0.1, 0.15) is 12.2 Å². The molecule has 2 heterocycles. The van der Waals surface area contributed by atoms with Crippen molar-refractivity contribution in [3.05, 3.63) is 12.2 Å². The second kappa shape index (κ2) is 6.18. The normalized spacial score (nSPS) is 18.0. The third-order valence-corrected chi connectivity index (χ3v) is 4.81. The van der Waals surface area contributed by atoms with Gasteiger partial charge in [-0.1, -0.05) is 19.3 Å². The van der Waals surface area contributed by atoms with E-state index in [1.165, 1.54) is 38.4 Å². The molecule has 6 heteroatoms. The van der Waals surface area contributed by atoms with Crippen molar-refractivity contribution in [2.45, 2.75) is 50.9 Å². The number of imidazole rings is 1. The van der Waals surface area contributed by atoms with Crippen LogP contribution in [0.1, 0.15) is 50.9 Å². The van der Waals surface area contributed by atoms with Crippen LogP contribution < -0.4 is 4.74 Å². The van der Waals surface area contributed by atoms with Crippen LogP contribution in [-0.2, 0) is 5.88 Å². The number of methoxy groups -OCH3 is 1. The summed E-state index contributed by atoms with van der Waals surface area (Å²) in [6, 6.07) is 0.351. The molecule has 1 unspecified atom stereocenters. The molecule has 21 heavy (non-hydrogen) atoms. The highest BCUT2D eigenvalue weighted by atomic mass is 35.5. The molecule has 0 spiro atoms. The molecule has 3 rings (SSSR count). The predicted molar refractivity (Wildman–Crippen MR) is 82.7 cm³/mol. The minimum atomic E-state index is 0.351. The van der Waals surface area contributed by atoms with Crippen LogP contribution in [0.15, 0.2) is 6.33 Å². The van der Waals surface area contributed by atoms with Crippen LogP contribution in [0.3, 0.4) is 0 Å². The van der Waals surface area contributed by atoms with Crippen molar-refractivity contribution in [2.75, 3.05) is 7.11 Å². The number of aromatic nitrogens is 4. The number of fused-ring (bicyclic) bond motifs is 1. The lowest BCUT2D eigenvalue weighted by Gasteiger charge is -2.29. The van der Waals surface area contributed by atoms with Crippen LogP contribution in [-0.4, -0.2) is 26.6 Å². The minimum absolute atomic E-state index is 0.351. The Bertz CT molecular complexity index is 621. The van der Waals surface area contributed by atoms with Crippen molar-refractivity contribution >= 4 is 22.8 Å².